The van der Waals surface area contributed by atoms with Gasteiger partial charge in [0.25, 0.3) is 5.91 Å². The van der Waals surface area contributed by atoms with Crippen molar-refractivity contribution in [2.24, 2.45) is 0 Å². The van der Waals surface area contributed by atoms with Crippen LogP contribution >= 0.6 is 11.6 Å². The van der Waals surface area contributed by atoms with Crippen LogP contribution in [0.1, 0.15) is 21.5 Å². The number of aromatic nitrogens is 2. The van der Waals surface area contributed by atoms with Crippen molar-refractivity contribution in [3.05, 3.63) is 70.2 Å². The Hall–Kier alpha value is -3.37. The molecule has 5 rings (SSSR count). The molecule has 1 N–H and O–H groups in total. The maximum absolute atomic E-state index is 13.6. The monoisotopic (exact) mass is 530 g/mol. The number of fused-ring (bicyclic) bond motifs is 1. The van der Waals surface area contributed by atoms with Crippen LogP contribution in [-0.4, -0.2) is 72.2 Å². The molecule has 0 atom stereocenters. The van der Waals surface area contributed by atoms with E-state index in [-0.39, 0.29) is 23.0 Å². The van der Waals surface area contributed by atoms with Crippen molar-refractivity contribution in [3.8, 4) is 11.3 Å². The summed E-state index contributed by atoms with van der Waals surface area (Å²) in [6, 6.07) is 12.6. The average Bonchev–Trinajstić information content (AvgIpc) is 2.88. The van der Waals surface area contributed by atoms with Gasteiger partial charge < -0.3 is 20.0 Å². The highest BCUT2D eigenvalue weighted by Gasteiger charge is 2.34. The van der Waals surface area contributed by atoms with Crippen LogP contribution in [0.15, 0.2) is 48.5 Å². The SMILES string of the molecule is CN1CCN(C(=O)c2ccc(-c3cc4c(nn3)NCCN4Cc3cc(Cl)ccc3C(F)(F)F)cc2)CC1. The molecule has 0 bridgehead atoms. The van der Waals surface area contributed by atoms with Crippen LogP contribution in [0.2, 0.25) is 5.02 Å². The highest BCUT2D eigenvalue weighted by Crippen LogP contribution is 2.36. The number of likely N-dealkylation sites (N-methyl/N-ethyl adjacent to an activating group) is 1. The van der Waals surface area contributed by atoms with E-state index in [1.807, 2.05) is 35.0 Å². The second kappa shape index (κ2) is 10.2. The summed E-state index contributed by atoms with van der Waals surface area (Å²) in [5, 5.41) is 12.0. The Morgan fingerprint density at radius 3 is 2.43 bits per heavy atom. The minimum atomic E-state index is -4.48. The average molecular weight is 531 g/mol. The van der Waals surface area contributed by atoms with E-state index >= 15 is 0 Å². The molecular formula is C26H26ClF3N6O. The summed E-state index contributed by atoms with van der Waals surface area (Å²) in [6.45, 7) is 4.11. The third-order valence-electron chi connectivity index (χ3n) is 6.74. The zero-order valence-electron chi connectivity index (χ0n) is 20.2. The van der Waals surface area contributed by atoms with Crippen LogP contribution in [0.3, 0.4) is 0 Å². The highest BCUT2D eigenvalue weighted by molar-refractivity contribution is 6.30. The lowest BCUT2D eigenvalue weighted by molar-refractivity contribution is -0.138. The number of carbonyl (C=O) groups excluding carboxylic acids is 1. The Morgan fingerprint density at radius 1 is 1.00 bits per heavy atom. The fraction of sp³-hybridized carbons (Fsp3) is 0.346. The van der Waals surface area contributed by atoms with Crippen molar-refractivity contribution in [1.29, 1.82) is 0 Å². The predicted octanol–water partition coefficient (Wildman–Crippen LogP) is 4.64. The van der Waals surface area contributed by atoms with Crippen LogP contribution < -0.4 is 10.2 Å². The first-order chi connectivity index (χ1) is 17.7. The number of hydrogen-bond donors (Lipinski definition) is 1. The molecule has 1 saturated heterocycles. The number of alkyl halides is 3. The standard InChI is InChI=1S/C26H26ClF3N6O/c1-34-10-12-35(13-11-34)25(37)18-4-2-17(3-5-18)22-15-23-24(33-32-22)31-8-9-36(23)16-19-14-20(27)6-7-21(19)26(28,29)30/h2-7,14-15H,8-13,16H2,1H3,(H,31,33). The lowest BCUT2D eigenvalue weighted by Gasteiger charge is -2.32. The Kier molecular flexibility index (Phi) is 6.96. The van der Waals surface area contributed by atoms with Gasteiger partial charge >= 0.3 is 6.18 Å². The number of hydrogen-bond acceptors (Lipinski definition) is 6. The molecule has 0 unspecified atom stereocenters. The fourth-order valence-corrected chi connectivity index (χ4v) is 4.83. The maximum atomic E-state index is 13.6. The van der Waals surface area contributed by atoms with Gasteiger partial charge in [0.2, 0.25) is 0 Å². The molecule has 0 radical (unpaired) electrons. The van der Waals surface area contributed by atoms with Gasteiger partial charge in [0, 0.05) is 62.0 Å². The second-order valence-corrected chi connectivity index (χ2v) is 9.72. The van der Waals surface area contributed by atoms with Gasteiger partial charge in [0.1, 0.15) is 0 Å². The van der Waals surface area contributed by atoms with Gasteiger partial charge in [-0.3, -0.25) is 4.79 Å². The number of rotatable bonds is 4. The van der Waals surface area contributed by atoms with E-state index in [0.717, 1.165) is 24.7 Å². The van der Waals surface area contributed by atoms with Crippen LogP contribution in [-0.2, 0) is 12.7 Å². The summed E-state index contributed by atoms with van der Waals surface area (Å²) in [5.41, 5.74) is 1.96. The number of anilines is 2. The third-order valence-corrected chi connectivity index (χ3v) is 6.98. The largest absolute Gasteiger partial charge is 0.416 e. The topological polar surface area (TPSA) is 64.6 Å². The number of piperazine rings is 1. The molecule has 2 aliphatic rings. The summed E-state index contributed by atoms with van der Waals surface area (Å²) < 4.78 is 40.8. The smallest absolute Gasteiger partial charge is 0.365 e. The normalized spacial score (nSPS) is 16.4. The van der Waals surface area contributed by atoms with Crippen molar-refractivity contribution >= 4 is 29.0 Å². The van der Waals surface area contributed by atoms with Crippen LogP contribution in [0.5, 0.6) is 0 Å². The fourth-order valence-electron chi connectivity index (χ4n) is 4.63. The Labute approximate surface area is 217 Å². The van der Waals surface area contributed by atoms with Crippen molar-refractivity contribution in [2.75, 3.05) is 56.5 Å². The van der Waals surface area contributed by atoms with Crippen molar-refractivity contribution in [1.82, 2.24) is 20.0 Å². The summed E-state index contributed by atoms with van der Waals surface area (Å²) in [7, 11) is 2.04. The minimum Gasteiger partial charge on any atom is -0.365 e. The molecular weight excluding hydrogens is 505 g/mol. The summed E-state index contributed by atoms with van der Waals surface area (Å²) in [5.74, 6) is 0.501. The Bertz CT molecular complexity index is 1290. The van der Waals surface area contributed by atoms with Gasteiger partial charge in [-0.25, -0.2) is 0 Å². The molecule has 1 amide bonds. The molecule has 0 aliphatic carbocycles. The quantitative estimate of drug-likeness (QED) is 0.530. The summed E-state index contributed by atoms with van der Waals surface area (Å²) in [4.78, 5) is 18.7. The number of benzene rings is 2. The van der Waals surface area contributed by atoms with Gasteiger partial charge in [-0.2, -0.15) is 13.2 Å². The van der Waals surface area contributed by atoms with Crippen LogP contribution in [0.4, 0.5) is 24.7 Å². The second-order valence-electron chi connectivity index (χ2n) is 9.28. The van der Waals surface area contributed by atoms with Crippen molar-refractivity contribution < 1.29 is 18.0 Å². The Balaban J connectivity index is 1.39. The van der Waals surface area contributed by atoms with E-state index in [9.17, 15) is 18.0 Å². The third kappa shape index (κ3) is 5.50. The van der Waals surface area contributed by atoms with Gasteiger partial charge in [-0.05, 0) is 49.0 Å². The molecule has 2 aliphatic heterocycles. The first kappa shape index (κ1) is 25.3. The molecule has 37 heavy (non-hydrogen) atoms. The van der Waals surface area contributed by atoms with Crippen molar-refractivity contribution in [2.45, 2.75) is 12.7 Å². The number of halogens is 4. The highest BCUT2D eigenvalue weighted by atomic mass is 35.5. The molecule has 3 heterocycles. The number of nitrogens with zero attached hydrogens (tertiary/aromatic N) is 5. The lowest BCUT2D eigenvalue weighted by atomic mass is 10.0. The summed E-state index contributed by atoms with van der Waals surface area (Å²) in [6.07, 6.45) is -4.48. The zero-order chi connectivity index (χ0) is 26.2. The molecule has 194 valence electrons. The van der Waals surface area contributed by atoms with Crippen molar-refractivity contribution in [3.63, 3.8) is 0 Å². The predicted molar refractivity (Wildman–Crippen MR) is 137 cm³/mol. The van der Waals surface area contributed by atoms with E-state index < -0.39 is 11.7 Å². The van der Waals surface area contributed by atoms with E-state index in [1.165, 1.54) is 12.1 Å². The molecule has 1 fully saturated rings. The number of nitrogens with one attached hydrogen (secondary N) is 1. The van der Waals surface area contributed by atoms with Crippen LogP contribution in [0.25, 0.3) is 11.3 Å². The van der Waals surface area contributed by atoms with Gasteiger partial charge in [0.05, 0.1) is 16.9 Å². The molecule has 1 aromatic heterocycles. The van der Waals surface area contributed by atoms with E-state index in [0.29, 0.717) is 48.9 Å². The molecule has 0 saturated carbocycles. The van der Waals surface area contributed by atoms with Crippen LogP contribution in [0, 0.1) is 0 Å². The van der Waals surface area contributed by atoms with E-state index in [2.05, 4.69) is 20.4 Å². The first-order valence-corrected chi connectivity index (χ1v) is 12.4. The molecule has 7 nitrogen and oxygen atoms in total. The van der Waals surface area contributed by atoms with Gasteiger partial charge in [-0.15, -0.1) is 10.2 Å². The Morgan fingerprint density at radius 2 is 1.73 bits per heavy atom. The van der Waals surface area contributed by atoms with Gasteiger partial charge in [-0.1, -0.05) is 23.7 Å². The zero-order valence-corrected chi connectivity index (χ0v) is 21.0. The first-order valence-electron chi connectivity index (χ1n) is 12.0. The maximum Gasteiger partial charge on any atom is 0.416 e. The van der Waals surface area contributed by atoms with Gasteiger partial charge in [0.15, 0.2) is 5.82 Å². The number of amides is 1. The number of carbonyl (C=O) groups is 1. The minimum absolute atomic E-state index is 0.00598. The summed E-state index contributed by atoms with van der Waals surface area (Å²) >= 11 is 6.03. The lowest BCUT2D eigenvalue weighted by Crippen LogP contribution is -2.47. The molecule has 11 heteroatoms. The molecule has 2 aromatic carbocycles. The molecule has 3 aromatic rings. The molecule has 0 spiro atoms. The van der Waals surface area contributed by atoms with E-state index in [1.54, 1.807) is 12.1 Å². The van der Waals surface area contributed by atoms with E-state index in [4.69, 9.17) is 11.6 Å².